The molecule has 0 heteroatoms. The second-order valence-corrected chi connectivity index (χ2v) is 4.96. The first-order valence-electron chi connectivity index (χ1n) is 5.45. The van der Waals surface area contributed by atoms with Crippen LogP contribution in [0.5, 0.6) is 0 Å². The van der Waals surface area contributed by atoms with Gasteiger partial charge in [-0.25, -0.2) is 0 Å². The van der Waals surface area contributed by atoms with Gasteiger partial charge in [0.2, 0.25) is 0 Å². The zero-order valence-electron chi connectivity index (χ0n) is 7.26. The van der Waals surface area contributed by atoms with Gasteiger partial charge in [0.25, 0.3) is 0 Å². The fourth-order valence-corrected chi connectivity index (χ4v) is 3.50. The van der Waals surface area contributed by atoms with Crippen molar-refractivity contribution in [3.8, 4) is 0 Å². The molecule has 0 N–H and O–H groups in total. The van der Waals surface area contributed by atoms with Crippen LogP contribution in [-0.4, -0.2) is 0 Å². The van der Waals surface area contributed by atoms with E-state index in [-0.39, 0.29) is 0 Å². The maximum Gasteiger partial charge on any atom is -0.0352 e. The average Bonchev–Trinajstić information content (AvgIpc) is 2.64. The Hall–Kier alpha value is 0. The van der Waals surface area contributed by atoms with Crippen LogP contribution in [0, 0.1) is 23.7 Å². The van der Waals surface area contributed by atoms with Gasteiger partial charge in [0.15, 0.2) is 0 Å². The number of hydrogen-bond acceptors (Lipinski definition) is 0. The molecule has 3 fully saturated rings. The second-order valence-electron chi connectivity index (χ2n) is 4.96. The first kappa shape index (κ1) is 6.51. The van der Waals surface area contributed by atoms with E-state index in [0.29, 0.717) is 0 Å². The summed E-state index contributed by atoms with van der Waals surface area (Å²) in [6, 6.07) is 0. The van der Waals surface area contributed by atoms with Crippen LogP contribution in [0.25, 0.3) is 0 Å². The van der Waals surface area contributed by atoms with Crippen molar-refractivity contribution in [2.75, 3.05) is 0 Å². The topological polar surface area (TPSA) is 0 Å². The molecular weight excluding hydrogens is 132 g/mol. The Kier molecular flexibility index (Phi) is 1.33. The minimum absolute atomic E-state index is 1.17. The molecule has 3 rings (SSSR count). The van der Waals surface area contributed by atoms with Crippen LogP contribution in [-0.2, 0) is 0 Å². The predicted octanol–water partition coefficient (Wildman–Crippen LogP) is 3.22. The van der Waals surface area contributed by atoms with Crippen LogP contribution < -0.4 is 0 Å². The number of fused-ring (bicyclic) bond motifs is 1. The summed E-state index contributed by atoms with van der Waals surface area (Å²) in [5, 5.41) is 0. The van der Waals surface area contributed by atoms with Gasteiger partial charge in [-0.3, -0.25) is 0 Å². The summed E-state index contributed by atoms with van der Waals surface area (Å²) in [6.07, 6.45) is 11.0. The molecule has 0 aliphatic heterocycles. The lowest BCUT2D eigenvalue weighted by Gasteiger charge is -2.35. The number of hydrogen-bond donors (Lipinski definition) is 0. The highest BCUT2D eigenvalue weighted by Crippen LogP contribution is 2.63. The molecular formula is C11H18. The van der Waals surface area contributed by atoms with Crippen molar-refractivity contribution in [1.82, 2.24) is 0 Å². The van der Waals surface area contributed by atoms with Crippen molar-refractivity contribution in [2.24, 2.45) is 23.7 Å². The number of rotatable bonds is 1. The van der Waals surface area contributed by atoms with E-state index in [1.807, 2.05) is 0 Å². The highest BCUT2D eigenvalue weighted by atomic mass is 14.6. The van der Waals surface area contributed by atoms with E-state index < -0.39 is 0 Å². The smallest absolute Gasteiger partial charge is 0.0352 e. The molecule has 3 aliphatic rings. The minimum atomic E-state index is 1.17. The lowest BCUT2D eigenvalue weighted by molar-refractivity contribution is 0.146. The van der Waals surface area contributed by atoms with Gasteiger partial charge in [0.1, 0.15) is 0 Å². The third-order valence-corrected chi connectivity index (χ3v) is 4.36. The molecule has 0 radical (unpaired) electrons. The van der Waals surface area contributed by atoms with Gasteiger partial charge in [0.05, 0.1) is 0 Å². The van der Waals surface area contributed by atoms with Gasteiger partial charge < -0.3 is 0 Å². The van der Waals surface area contributed by atoms with Crippen molar-refractivity contribution < 1.29 is 0 Å². The summed E-state index contributed by atoms with van der Waals surface area (Å²) in [4.78, 5) is 0. The normalized spacial score (nSPS) is 49.6. The quantitative estimate of drug-likeness (QED) is 0.538. The molecule has 0 aromatic heterocycles. The molecule has 0 saturated heterocycles. The SMILES string of the molecule is C1CCC(C2CC3CC32)CC1. The average molecular weight is 150 g/mol. The first-order valence-corrected chi connectivity index (χ1v) is 5.45. The van der Waals surface area contributed by atoms with E-state index >= 15 is 0 Å². The van der Waals surface area contributed by atoms with E-state index in [9.17, 15) is 0 Å². The van der Waals surface area contributed by atoms with Gasteiger partial charge in [-0.15, -0.1) is 0 Å². The molecule has 0 amide bonds. The molecule has 0 spiro atoms. The van der Waals surface area contributed by atoms with Crippen molar-refractivity contribution in [3.63, 3.8) is 0 Å². The Bertz CT molecular complexity index is 155. The molecule has 0 aromatic carbocycles. The third kappa shape index (κ3) is 0.947. The Balaban J connectivity index is 1.60. The molecule has 3 unspecified atom stereocenters. The van der Waals surface area contributed by atoms with Crippen molar-refractivity contribution in [3.05, 3.63) is 0 Å². The summed E-state index contributed by atoms with van der Waals surface area (Å²) >= 11 is 0. The van der Waals surface area contributed by atoms with Crippen molar-refractivity contribution in [2.45, 2.75) is 44.9 Å². The maximum absolute atomic E-state index is 1.62. The third-order valence-electron chi connectivity index (χ3n) is 4.36. The Labute approximate surface area is 69.4 Å². The first-order chi connectivity index (χ1) is 5.45. The zero-order valence-corrected chi connectivity index (χ0v) is 7.26. The highest BCUT2D eigenvalue weighted by Gasteiger charge is 2.55. The van der Waals surface area contributed by atoms with E-state index in [1.165, 1.54) is 30.1 Å². The fraction of sp³-hybridized carbons (Fsp3) is 1.00. The molecule has 62 valence electrons. The van der Waals surface area contributed by atoms with Crippen LogP contribution in [0.3, 0.4) is 0 Å². The van der Waals surface area contributed by atoms with E-state index in [2.05, 4.69) is 0 Å². The summed E-state index contributed by atoms with van der Waals surface area (Å²) < 4.78 is 0. The molecule has 0 nitrogen and oxygen atoms in total. The lowest BCUT2D eigenvalue weighted by atomic mass is 9.70. The second kappa shape index (κ2) is 2.24. The molecule has 11 heavy (non-hydrogen) atoms. The summed E-state index contributed by atoms with van der Waals surface area (Å²) in [7, 11) is 0. The molecule has 3 saturated carbocycles. The van der Waals surface area contributed by atoms with Crippen LogP contribution >= 0.6 is 0 Å². The Morgan fingerprint density at radius 2 is 1.27 bits per heavy atom. The van der Waals surface area contributed by atoms with Crippen LogP contribution in [0.4, 0.5) is 0 Å². The molecule has 0 bridgehead atoms. The zero-order chi connectivity index (χ0) is 7.26. The van der Waals surface area contributed by atoms with Gasteiger partial charge in [-0.05, 0) is 36.5 Å². The predicted molar refractivity (Wildman–Crippen MR) is 46.3 cm³/mol. The maximum atomic E-state index is 1.62. The van der Waals surface area contributed by atoms with Gasteiger partial charge >= 0.3 is 0 Å². The molecule has 0 heterocycles. The Morgan fingerprint density at radius 3 is 1.82 bits per heavy atom. The van der Waals surface area contributed by atoms with E-state index in [4.69, 9.17) is 0 Å². The highest BCUT2D eigenvalue weighted by molar-refractivity contribution is 5.04. The largest absolute Gasteiger partial charge is 0.0533 e. The van der Waals surface area contributed by atoms with Crippen LogP contribution in [0.15, 0.2) is 0 Å². The minimum Gasteiger partial charge on any atom is -0.0533 e. The van der Waals surface area contributed by atoms with E-state index in [0.717, 1.165) is 0 Å². The van der Waals surface area contributed by atoms with Crippen molar-refractivity contribution >= 4 is 0 Å². The van der Waals surface area contributed by atoms with Crippen LogP contribution in [0.1, 0.15) is 44.9 Å². The summed E-state index contributed by atoms with van der Waals surface area (Å²) in [6.45, 7) is 0. The lowest BCUT2D eigenvalue weighted by Crippen LogP contribution is -2.26. The molecule has 3 atom stereocenters. The fourth-order valence-electron chi connectivity index (χ4n) is 3.50. The van der Waals surface area contributed by atoms with Crippen LogP contribution in [0.2, 0.25) is 0 Å². The molecule has 3 aliphatic carbocycles. The summed E-state index contributed by atoms with van der Waals surface area (Å²) in [5.41, 5.74) is 0. The summed E-state index contributed by atoms with van der Waals surface area (Å²) in [5.74, 6) is 4.84. The van der Waals surface area contributed by atoms with Gasteiger partial charge in [-0.2, -0.15) is 0 Å². The monoisotopic (exact) mass is 150 g/mol. The molecule has 0 aromatic rings. The van der Waals surface area contributed by atoms with Gasteiger partial charge in [0, 0.05) is 0 Å². The van der Waals surface area contributed by atoms with Crippen molar-refractivity contribution in [1.29, 1.82) is 0 Å². The standard InChI is InChI=1S/C11H18/c1-2-4-8(5-3-1)10-6-9-7-11(9)10/h8-11H,1-7H2. The van der Waals surface area contributed by atoms with E-state index in [1.54, 1.807) is 38.5 Å². The van der Waals surface area contributed by atoms with Gasteiger partial charge in [-0.1, -0.05) is 32.1 Å². The Morgan fingerprint density at radius 1 is 0.636 bits per heavy atom.